The van der Waals surface area contributed by atoms with E-state index in [1.165, 1.54) is 0 Å². The van der Waals surface area contributed by atoms with E-state index < -0.39 is 17.4 Å². The maximum Gasteiger partial charge on any atom is 0.360 e. The molecule has 0 unspecified atom stereocenters. The quantitative estimate of drug-likeness (QED) is 0.288. The van der Waals surface area contributed by atoms with Gasteiger partial charge in [-0.05, 0) is 69.2 Å². The predicted octanol–water partition coefficient (Wildman–Crippen LogP) is 6.33. The fourth-order valence-electron chi connectivity index (χ4n) is 4.07. The van der Waals surface area contributed by atoms with Crippen LogP contribution in [0.2, 0.25) is 5.02 Å². The minimum Gasteiger partial charge on any atom is -0.461 e. The number of rotatable bonds is 6. The predicted molar refractivity (Wildman–Crippen MR) is 143 cm³/mol. The number of halogens is 1. The Hall–Kier alpha value is -4.04. The lowest BCUT2D eigenvalue weighted by atomic mass is 9.97. The van der Waals surface area contributed by atoms with Crippen molar-refractivity contribution in [3.63, 3.8) is 0 Å². The molecular weight excluding hydrogens is 508 g/mol. The van der Waals surface area contributed by atoms with E-state index in [0.29, 0.717) is 39.5 Å². The molecule has 0 bridgehead atoms. The molecule has 3 heterocycles. The largest absolute Gasteiger partial charge is 0.461 e. The Balaban J connectivity index is 1.70. The molecule has 4 aromatic rings. The summed E-state index contributed by atoms with van der Waals surface area (Å²) in [4.78, 5) is 34.1. The van der Waals surface area contributed by atoms with E-state index in [1.54, 1.807) is 39.8 Å². The maximum atomic E-state index is 13.1. The van der Waals surface area contributed by atoms with Gasteiger partial charge in [0.05, 0.1) is 23.2 Å². The van der Waals surface area contributed by atoms with Gasteiger partial charge in [0, 0.05) is 22.5 Å². The highest BCUT2D eigenvalue weighted by molar-refractivity contribution is 6.30. The molecule has 1 aliphatic heterocycles. The van der Waals surface area contributed by atoms with Crippen molar-refractivity contribution in [1.82, 2.24) is 9.97 Å². The average molecular weight is 535 g/mol. The van der Waals surface area contributed by atoms with Crippen LogP contribution in [0.15, 0.2) is 48.5 Å². The van der Waals surface area contributed by atoms with Gasteiger partial charge < -0.3 is 23.9 Å². The normalized spacial score (nSPS) is 12.6. The first-order chi connectivity index (χ1) is 18.1. The van der Waals surface area contributed by atoms with E-state index in [0.717, 1.165) is 16.8 Å². The second kappa shape index (κ2) is 10.0. The Morgan fingerprint density at radius 2 is 1.79 bits per heavy atom. The number of nitrogens with one attached hydrogen (secondary N) is 1. The van der Waals surface area contributed by atoms with Crippen LogP contribution in [0.5, 0.6) is 17.2 Å². The molecule has 196 valence electrons. The molecule has 0 fully saturated rings. The Morgan fingerprint density at radius 1 is 1.05 bits per heavy atom. The second-order valence-corrected chi connectivity index (χ2v) is 10.4. The van der Waals surface area contributed by atoms with Gasteiger partial charge in [0.1, 0.15) is 0 Å². The number of H-pyrrole nitrogens is 1. The zero-order valence-electron chi connectivity index (χ0n) is 21.5. The van der Waals surface area contributed by atoms with E-state index in [1.807, 2.05) is 36.4 Å². The smallest absolute Gasteiger partial charge is 0.360 e. The van der Waals surface area contributed by atoms with Crippen LogP contribution in [-0.4, -0.2) is 35.3 Å². The number of pyridine rings is 1. The molecule has 2 aromatic carbocycles. The number of nitrogens with zero attached hydrogens (tertiary/aromatic N) is 1. The number of aromatic nitrogens is 2. The number of carbonyl (C=O) groups is 2. The summed E-state index contributed by atoms with van der Waals surface area (Å²) in [7, 11) is 0. The van der Waals surface area contributed by atoms with E-state index >= 15 is 0 Å². The Morgan fingerprint density at radius 3 is 2.50 bits per heavy atom. The van der Waals surface area contributed by atoms with Crippen LogP contribution < -0.4 is 14.2 Å². The topological polar surface area (TPSA) is 99.7 Å². The van der Waals surface area contributed by atoms with Crippen molar-refractivity contribution in [3.8, 4) is 28.5 Å². The Bertz CT molecular complexity index is 1540. The zero-order valence-corrected chi connectivity index (χ0v) is 22.3. The molecule has 0 spiro atoms. The summed E-state index contributed by atoms with van der Waals surface area (Å²) in [5.41, 5.74) is 2.87. The van der Waals surface area contributed by atoms with Gasteiger partial charge in [-0.15, -0.1) is 0 Å². The Labute approximate surface area is 224 Å². The first kappa shape index (κ1) is 25.6. The number of benzene rings is 2. The van der Waals surface area contributed by atoms with Gasteiger partial charge in [-0.2, -0.15) is 0 Å². The second-order valence-electron chi connectivity index (χ2n) is 9.94. The number of fused-ring (bicyclic) bond motifs is 2. The number of esters is 2. The molecule has 2 aromatic heterocycles. The van der Waals surface area contributed by atoms with Crippen LogP contribution in [-0.2, 0) is 16.0 Å². The first-order valence-corrected chi connectivity index (χ1v) is 12.6. The molecular formula is C29H27ClN2O6. The van der Waals surface area contributed by atoms with Crippen molar-refractivity contribution in [1.29, 1.82) is 0 Å². The van der Waals surface area contributed by atoms with Crippen molar-refractivity contribution in [2.75, 3.05) is 13.4 Å². The first-order valence-electron chi connectivity index (χ1n) is 12.2. The molecule has 0 aliphatic carbocycles. The number of ether oxygens (including phenoxy) is 4. The summed E-state index contributed by atoms with van der Waals surface area (Å²) in [5.74, 6) is 0.210. The monoisotopic (exact) mass is 534 g/mol. The molecule has 9 heteroatoms. The fraction of sp³-hybridized carbons (Fsp3) is 0.276. The summed E-state index contributed by atoms with van der Waals surface area (Å²) in [6.07, 6.45) is 0.369. The lowest BCUT2D eigenvalue weighted by Crippen LogP contribution is -2.27. The lowest BCUT2D eigenvalue weighted by Gasteiger charge is -2.19. The minimum absolute atomic E-state index is 0.0595. The van der Waals surface area contributed by atoms with Crippen LogP contribution in [0.3, 0.4) is 0 Å². The summed E-state index contributed by atoms with van der Waals surface area (Å²) in [5, 5.41) is 1.15. The summed E-state index contributed by atoms with van der Waals surface area (Å²) < 4.78 is 22.1. The highest BCUT2D eigenvalue weighted by Crippen LogP contribution is 2.38. The molecule has 0 saturated heterocycles. The van der Waals surface area contributed by atoms with Crippen LogP contribution >= 0.6 is 11.6 Å². The molecule has 38 heavy (non-hydrogen) atoms. The van der Waals surface area contributed by atoms with Crippen molar-refractivity contribution < 1.29 is 28.5 Å². The van der Waals surface area contributed by atoms with Gasteiger partial charge in [0.25, 0.3) is 0 Å². The highest BCUT2D eigenvalue weighted by atomic mass is 35.5. The highest BCUT2D eigenvalue weighted by Gasteiger charge is 2.30. The third-order valence-corrected chi connectivity index (χ3v) is 6.30. The summed E-state index contributed by atoms with van der Waals surface area (Å²) >= 11 is 6.10. The summed E-state index contributed by atoms with van der Waals surface area (Å²) in [6, 6.07) is 14.8. The van der Waals surface area contributed by atoms with Gasteiger partial charge in [0.15, 0.2) is 22.9 Å². The number of aromatic amines is 1. The lowest BCUT2D eigenvalue weighted by molar-refractivity contribution is -0.142. The van der Waals surface area contributed by atoms with Gasteiger partial charge >= 0.3 is 11.9 Å². The maximum absolute atomic E-state index is 13.1. The van der Waals surface area contributed by atoms with Crippen LogP contribution in [0, 0.1) is 5.41 Å². The van der Waals surface area contributed by atoms with E-state index in [9.17, 15) is 9.59 Å². The van der Waals surface area contributed by atoms with Crippen LogP contribution in [0.4, 0.5) is 0 Å². The standard InChI is InChI=1S/C29H27ClN2O6/c1-5-35-27(33)25-26(38-28(34)29(2,3)4)19-14-20(17-7-9-18(30)10-8-17)31-24(19)21(32-25)12-16-6-11-22-23(13-16)37-15-36-22/h6-11,13-14,31H,5,12,15H2,1-4H3. The van der Waals surface area contributed by atoms with Gasteiger partial charge in [0.2, 0.25) is 6.79 Å². The minimum atomic E-state index is -0.807. The summed E-state index contributed by atoms with van der Waals surface area (Å²) in [6.45, 7) is 7.26. The molecule has 0 amide bonds. The third kappa shape index (κ3) is 5.04. The van der Waals surface area contributed by atoms with Gasteiger partial charge in [-0.1, -0.05) is 29.8 Å². The molecule has 1 N–H and O–H groups in total. The van der Waals surface area contributed by atoms with Gasteiger partial charge in [-0.3, -0.25) is 4.79 Å². The number of hydrogen-bond donors (Lipinski definition) is 1. The molecule has 0 radical (unpaired) electrons. The Kier molecular flexibility index (Phi) is 6.75. The average Bonchev–Trinajstić information content (AvgIpc) is 3.52. The van der Waals surface area contributed by atoms with Crippen LogP contribution in [0.25, 0.3) is 22.2 Å². The number of hydrogen-bond acceptors (Lipinski definition) is 7. The molecule has 5 rings (SSSR count). The molecule has 1 aliphatic rings. The van der Waals surface area contributed by atoms with E-state index in [-0.39, 0.29) is 24.8 Å². The van der Waals surface area contributed by atoms with Crippen molar-refractivity contribution in [2.24, 2.45) is 5.41 Å². The zero-order chi connectivity index (χ0) is 27.0. The van der Waals surface area contributed by atoms with Crippen LogP contribution in [0.1, 0.15) is 49.4 Å². The van der Waals surface area contributed by atoms with Crippen molar-refractivity contribution >= 4 is 34.4 Å². The third-order valence-electron chi connectivity index (χ3n) is 6.05. The molecule has 8 nitrogen and oxygen atoms in total. The van der Waals surface area contributed by atoms with Crippen molar-refractivity contribution in [3.05, 3.63) is 70.5 Å². The SMILES string of the molecule is CCOC(=O)c1nc(Cc2ccc3c(c2)OCO3)c2[nH]c(-c3ccc(Cl)cc3)cc2c1OC(=O)C(C)(C)C. The molecule has 0 saturated carbocycles. The fourth-order valence-corrected chi connectivity index (χ4v) is 4.20. The van der Waals surface area contributed by atoms with E-state index in [2.05, 4.69) is 9.97 Å². The van der Waals surface area contributed by atoms with Crippen molar-refractivity contribution in [2.45, 2.75) is 34.1 Å². The van der Waals surface area contributed by atoms with Gasteiger partial charge in [-0.25, -0.2) is 9.78 Å². The number of carbonyl (C=O) groups excluding carboxylic acids is 2. The van der Waals surface area contributed by atoms with E-state index in [4.69, 9.17) is 30.5 Å². The molecule has 0 atom stereocenters.